The van der Waals surface area contributed by atoms with E-state index in [0.717, 1.165) is 12.2 Å². The van der Waals surface area contributed by atoms with Gasteiger partial charge in [0.1, 0.15) is 0 Å². The van der Waals surface area contributed by atoms with Crippen molar-refractivity contribution in [2.24, 2.45) is 11.8 Å². The van der Waals surface area contributed by atoms with Crippen molar-refractivity contribution in [2.45, 2.75) is 49.7 Å². The first-order valence-corrected chi connectivity index (χ1v) is 13.7. The van der Waals surface area contributed by atoms with Crippen LogP contribution in [0.2, 0.25) is 0 Å². The fraction of sp³-hybridized carbons (Fsp3) is 0.520. The Labute approximate surface area is 206 Å². The zero-order valence-corrected chi connectivity index (χ0v) is 21.1. The van der Waals surface area contributed by atoms with E-state index in [9.17, 15) is 18.0 Å². The molecule has 2 amide bonds. The first-order valence-electron chi connectivity index (χ1n) is 12.2. The van der Waals surface area contributed by atoms with Gasteiger partial charge in [0.2, 0.25) is 11.8 Å². The third-order valence-electron chi connectivity index (χ3n) is 6.75. The Bertz CT molecular complexity index is 1120. The molecule has 2 aliphatic heterocycles. The van der Waals surface area contributed by atoms with Crippen LogP contribution in [0.25, 0.3) is 0 Å². The fourth-order valence-electron chi connectivity index (χ4n) is 4.44. The van der Waals surface area contributed by atoms with Crippen LogP contribution in [0.15, 0.2) is 47.5 Å². The van der Waals surface area contributed by atoms with Crippen LogP contribution >= 0.6 is 0 Å². The number of hydrogen-bond acceptors (Lipinski definition) is 7. The zero-order chi connectivity index (χ0) is 25.0. The van der Waals surface area contributed by atoms with Gasteiger partial charge in [-0.1, -0.05) is 13.8 Å². The molecule has 0 bridgehead atoms. The minimum atomic E-state index is -3.50. The topological polar surface area (TPSA) is 113 Å². The Balaban J connectivity index is 1.27. The van der Waals surface area contributed by atoms with Gasteiger partial charge in [-0.2, -0.15) is 5.10 Å². The van der Waals surface area contributed by atoms with Crippen molar-refractivity contribution in [2.75, 3.05) is 36.4 Å². The van der Waals surface area contributed by atoms with E-state index in [0.29, 0.717) is 57.0 Å². The normalized spacial score (nSPS) is 17.3. The molecule has 10 heteroatoms. The van der Waals surface area contributed by atoms with Crippen LogP contribution in [-0.2, 0) is 19.4 Å². The van der Waals surface area contributed by atoms with Gasteiger partial charge in [-0.15, -0.1) is 5.10 Å². The lowest BCUT2D eigenvalue weighted by Crippen LogP contribution is -2.52. The lowest BCUT2D eigenvalue weighted by Gasteiger charge is -2.38. The number of hydrogen-bond donors (Lipinski definition) is 1. The molecule has 2 aliphatic rings. The van der Waals surface area contributed by atoms with Crippen LogP contribution in [0.4, 0.5) is 11.5 Å². The van der Waals surface area contributed by atoms with E-state index in [1.807, 2.05) is 17.0 Å². The summed E-state index contributed by atoms with van der Waals surface area (Å²) < 4.78 is 26.3. The van der Waals surface area contributed by atoms with Gasteiger partial charge in [0.25, 0.3) is 0 Å². The largest absolute Gasteiger partial charge is 0.353 e. The maximum absolute atomic E-state index is 13.1. The molecule has 188 valence electrons. The van der Waals surface area contributed by atoms with E-state index in [2.05, 4.69) is 29.4 Å². The molecule has 35 heavy (non-hydrogen) atoms. The lowest BCUT2D eigenvalue weighted by atomic mass is 9.99. The van der Waals surface area contributed by atoms with Crippen molar-refractivity contribution in [1.82, 2.24) is 15.1 Å². The average Bonchev–Trinajstić information content (AvgIpc) is 2.82. The Morgan fingerprint density at radius 1 is 1.09 bits per heavy atom. The fourth-order valence-corrected chi connectivity index (χ4v) is 6.18. The Hall–Kier alpha value is -3.01. The number of carbonyl (C=O) groups is 2. The molecule has 2 aromatic rings. The maximum Gasteiger partial charge on any atom is 0.231 e. The van der Waals surface area contributed by atoms with E-state index in [4.69, 9.17) is 0 Å². The highest BCUT2D eigenvalue weighted by Crippen LogP contribution is 2.27. The van der Waals surface area contributed by atoms with Crippen molar-refractivity contribution < 1.29 is 18.0 Å². The maximum atomic E-state index is 13.1. The Morgan fingerprint density at radius 2 is 1.77 bits per heavy atom. The number of likely N-dealkylation sites (tertiary alicyclic amines) is 1. The van der Waals surface area contributed by atoms with Crippen LogP contribution in [0, 0.1) is 11.8 Å². The summed E-state index contributed by atoms with van der Waals surface area (Å²) in [5.41, 5.74) is 0.567. The van der Waals surface area contributed by atoms with E-state index < -0.39 is 15.1 Å². The van der Waals surface area contributed by atoms with Crippen LogP contribution in [0.3, 0.4) is 0 Å². The number of aromatic nitrogens is 2. The monoisotopic (exact) mass is 499 g/mol. The molecular formula is C25H33N5O4S. The number of anilines is 2. The van der Waals surface area contributed by atoms with E-state index in [1.54, 1.807) is 35.4 Å². The molecule has 3 heterocycles. The Kier molecular flexibility index (Phi) is 7.69. The smallest absolute Gasteiger partial charge is 0.231 e. The summed E-state index contributed by atoms with van der Waals surface area (Å²) >= 11 is 0. The quantitative estimate of drug-likeness (QED) is 0.594. The number of amides is 2. The molecular weight excluding hydrogens is 466 g/mol. The molecule has 0 spiro atoms. The summed E-state index contributed by atoms with van der Waals surface area (Å²) in [5, 5.41) is 10.3. The second-order valence-corrected chi connectivity index (χ2v) is 12.0. The molecule has 1 aromatic heterocycles. The standard InChI is InChI=1S/C25H33N5O4S/c1-18(2)5-10-24(31)29-14-11-22(12-15-29)35(33,34)21-8-6-20(7-9-21)27-25(32)19-16-30(17-19)23-4-3-13-26-28-23/h3-4,6-9,13,18-19,22H,5,10-12,14-17H2,1-2H3,(H,27,32). The van der Waals surface area contributed by atoms with Crippen LogP contribution in [0.5, 0.6) is 0 Å². The molecule has 2 fully saturated rings. The molecule has 1 N–H and O–H groups in total. The molecule has 0 radical (unpaired) electrons. The lowest BCUT2D eigenvalue weighted by molar-refractivity contribution is -0.132. The SMILES string of the molecule is CC(C)CCC(=O)N1CCC(S(=O)(=O)c2ccc(NC(=O)C3CN(c4cccnn4)C3)cc2)CC1. The predicted molar refractivity (Wildman–Crippen MR) is 134 cm³/mol. The van der Waals surface area contributed by atoms with E-state index in [-0.39, 0.29) is 22.6 Å². The van der Waals surface area contributed by atoms with Crippen molar-refractivity contribution in [3.05, 3.63) is 42.6 Å². The van der Waals surface area contributed by atoms with Crippen molar-refractivity contribution in [3.63, 3.8) is 0 Å². The Morgan fingerprint density at radius 3 is 2.37 bits per heavy atom. The summed E-state index contributed by atoms with van der Waals surface area (Å²) in [6.07, 6.45) is 3.86. The summed E-state index contributed by atoms with van der Waals surface area (Å²) in [6, 6.07) is 10.0. The number of benzene rings is 1. The van der Waals surface area contributed by atoms with Crippen molar-refractivity contribution in [1.29, 1.82) is 0 Å². The number of rotatable bonds is 8. The van der Waals surface area contributed by atoms with Gasteiger partial charge in [0, 0.05) is 44.5 Å². The number of carbonyl (C=O) groups excluding carboxylic acids is 2. The second kappa shape index (κ2) is 10.7. The van der Waals surface area contributed by atoms with Gasteiger partial charge in [-0.3, -0.25) is 9.59 Å². The first-order chi connectivity index (χ1) is 16.7. The summed E-state index contributed by atoms with van der Waals surface area (Å²) in [4.78, 5) is 28.9. The third kappa shape index (κ3) is 5.98. The molecule has 2 saturated heterocycles. The molecule has 4 rings (SSSR count). The third-order valence-corrected chi connectivity index (χ3v) is 9.03. The minimum Gasteiger partial charge on any atom is -0.353 e. The van der Waals surface area contributed by atoms with Gasteiger partial charge in [0.15, 0.2) is 15.7 Å². The van der Waals surface area contributed by atoms with E-state index in [1.165, 1.54) is 0 Å². The highest BCUT2D eigenvalue weighted by atomic mass is 32.2. The molecule has 9 nitrogen and oxygen atoms in total. The zero-order valence-electron chi connectivity index (χ0n) is 20.3. The molecule has 0 atom stereocenters. The molecule has 1 aromatic carbocycles. The summed E-state index contributed by atoms with van der Waals surface area (Å²) in [5.74, 6) is 1.07. The number of piperidine rings is 1. The van der Waals surface area contributed by atoms with Gasteiger partial charge in [-0.05, 0) is 61.6 Å². The second-order valence-electron chi connectivity index (χ2n) is 9.76. The number of sulfone groups is 1. The molecule has 0 unspecified atom stereocenters. The van der Waals surface area contributed by atoms with Crippen LogP contribution in [-0.4, -0.2) is 66.8 Å². The first kappa shape index (κ1) is 25.1. The van der Waals surface area contributed by atoms with Gasteiger partial charge >= 0.3 is 0 Å². The van der Waals surface area contributed by atoms with Gasteiger partial charge in [-0.25, -0.2) is 8.42 Å². The van der Waals surface area contributed by atoms with Crippen LogP contribution in [0.1, 0.15) is 39.5 Å². The van der Waals surface area contributed by atoms with E-state index >= 15 is 0 Å². The van der Waals surface area contributed by atoms with Gasteiger partial charge in [0.05, 0.1) is 16.1 Å². The minimum absolute atomic E-state index is 0.102. The van der Waals surface area contributed by atoms with Gasteiger partial charge < -0.3 is 15.1 Å². The number of nitrogens with one attached hydrogen (secondary N) is 1. The van der Waals surface area contributed by atoms with Crippen molar-refractivity contribution in [3.8, 4) is 0 Å². The summed E-state index contributed by atoms with van der Waals surface area (Å²) in [6.45, 7) is 6.26. The highest BCUT2D eigenvalue weighted by Gasteiger charge is 2.34. The van der Waals surface area contributed by atoms with Crippen LogP contribution < -0.4 is 10.2 Å². The molecule has 0 saturated carbocycles. The highest BCUT2D eigenvalue weighted by molar-refractivity contribution is 7.92. The average molecular weight is 500 g/mol. The predicted octanol–water partition coefficient (Wildman–Crippen LogP) is 2.75. The number of nitrogens with zero attached hydrogens (tertiary/aromatic N) is 4. The summed E-state index contributed by atoms with van der Waals surface area (Å²) in [7, 11) is -3.50. The van der Waals surface area contributed by atoms with Crippen molar-refractivity contribution >= 4 is 33.2 Å². The molecule has 0 aliphatic carbocycles.